The second-order valence-electron chi connectivity index (χ2n) is 3.64. The smallest absolute Gasteiger partial charge is 0.205 e. The van der Waals surface area contributed by atoms with Crippen LogP contribution in [0.4, 0.5) is 8.78 Å². The Balaban J connectivity index is 2.55. The van der Waals surface area contributed by atoms with Crippen LogP contribution < -0.4 is 0 Å². The van der Waals surface area contributed by atoms with E-state index in [2.05, 4.69) is 0 Å². The van der Waals surface area contributed by atoms with E-state index in [1.54, 1.807) is 18.2 Å². The van der Waals surface area contributed by atoms with Gasteiger partial charge in [-0.3, -0.25) is 0 Å². The summed E-state index contributed by atoms with van der Waals surface area (Å²) >= 11 is 18.0. The minimum absolute atomic E-state index is 0.123. The van der Waals surface area contributed by atoms with Crippen LogP contribution in [0, 0.1) is 0 Å². The van der Waals surface area contributed by atoms with Gasteiger partial charge in [-0.25, -0.2) is 8.78 Å². The number of hydrogen-bond acceptors (Lipinski definition) is 0. The summed E-state index contributed by atoms with van der Waals surface area (Å²) in [6.45, 7) is 0. The SMILES string of the molecule is FC(F)c1ccc(-c2cccc(Cl)c2Cl)c(Cl)c1. The van der Waals surface area contributed by atoms with Gasteiger partial charge in [0, 0.05) is 21.7 Å². The zero-order valence-electron chi connectivity index (χ0n) is 8.93. The highest BCUT2D eigenvalue weighted by molar-refractivity contribution is 6.44. The van der Waals surface area contributed by atoms with Gasteiger partial charge in [-0.2, -0.15) is 0 Å². The molecular weight excluding hydrogens is 300 g/mol. The monoisotopic (exact) mass is 306 g/mol. The third kappa shape index (κ3) is 2.61. The van der Waals surface area contributed by atoms with Crippen LogP contribution in [0.3, 0.4) is 0 Å². The lowest BCUT2D eigenvalue weighted by Crippen LogP contribution is -1.87. The number of halogens is 5. The molecule has 2 aromatic carbocycles. The van der Waals surface area contributed by atoms with Crippen LogP contribution in [0.5, 0.6) is 0 Å². The van der Waals surface area contributed by atoms with Crippen LogP contribution in [0.1, 0.15) is 12.0 Å². The number of benzene rings is 2. The first-order chi connectivity index (χ1) is 8.50. The normalized spacial score (nSPS) is 11.0. The quantitative estimate of drug-likeness (QED) is 0.615. The fourth-order valence-corrected chi connectivity index (χ4v) is 2.29. The number of alkyl halides is 2. The van der Waals surface area contributed by atoms with Gasteiger partial charge in [0.15, 0.2) is 0 Å². The van der Waals surface area contributed by atoms with Crippen molar-refractivity contribution in [2.45, 2.75) is 6.43 Å². The Labute approximate surface area is 118 Å². The van der Waals surface area contributed by atoms with Gasteiger partial charge in [-0.15, -0.1) is 0 Å². The molecule has 0 heterocycles. The van der Waals surface area contributed by atoms with Crippen LogP contribution in [0.25, 0.3) is 11.1 Å². The summed E-state index contributed by atoms with van der Waals surface area (Å²) in [5.74, 6) is 0. The summed E-state index contributed by atoms with van der Waals surface area (Å²) in [6, 6.07) is 9.18. The van der Waals surface area contributed by atoms with Gasteiger partial charge < -0.3 is 0 Å². The van der Waals surface area contributed by atoms with E-state index in [0.29, 0.717) is 21.2 Å². The highest BCUT2D eigenvalue weighted by atomic mass is 35.5. The van der Waals surface area contributed by atoms with Gasteiger partial charge >= 0.3 is 0 Å². The van der Waals surface area contributed by atoms with E-state index >= 15 is 0 Å². The Bertz CT molecular complexity index is 582. The minimum atomic E-state index is -2.55. The van der Waals surface area contributed by atoms with Crippen molar-refractivity contribution in [3.8, 4) is 11.1 Å². The van der Waals surface area contributed by atoms with Crippen LogP contribution in [0.15, 0.2) is 36.4 Å². The van der Waals surface area contributed by atoms with Crippen molar-refractivity contribution in [3.05, 3.63) is 57.0 Å². The van der Waals surface area contributed by atoms with Gasteiger partial charge in [-0.1, -0.05) is 59.1 Å². The van der Waals surface area contributed by atoms with Crippen LogP contribution >= 0.6 is 34.8 Å². The zero-order chi connectivity index (χ0) is 13.3. The lowest BCUT2D eigenvalue weighted by atomic mass is 10.0. The first kappa shape index (κ1) is 13.6. The second kappa shape index (κ2) is 5.43. The molecule has 0 aliphatic heterocycles. The van der Waals surface area contributed by atoms with E-state index in [4.69, 9.17) is 34.8 Å². The summed E-state index contributed by atoms with van der Waals surface area (Å²) in [5.41, 5.74) is 1.07. The Morgan fingerprint density at radius 3 is 2.17 bits per heavy atom. The molecule has 0 unspecified atom stereocenters. The average molecular weight is 308 g/mol. The lowest BCUT2D eigenvalue weighted by molar-refractivity contribution is 0.151. The fourth-order valence-electron chi connectivity index (χ4n) is 1.60. The van der Waals surface area contributed by atoms with Gasteiger partial charge in [0.2, 0.25) is 0 Å². The van der Waals surface area contributed by atoms with E-state index in [-0.39, 0.29) is 10.6 Å². The van der Waals surface area contributed by atoms with Crippen molar-refractivity contribution in [2.75, 3.05) is 0 Å². The maximum absolute atomic E-state index is 12.5. The highest BCUT2D eigenvalue weighted by Gasteiger charge is 2.13. The summed E-state index contributed by atoms with van der Waals surface area (Å²) in [7, 11) is 0. The molecule has 0 saturated heterocycles. The molecule has 0 aromatic heterocycles. The van der Waals surface area contributed by atoms with Gasteiger partial charge in [0.05, 0.1) is 10.0 Å². The third-order valence-electron chi connectivity index (χ3n) is 2.49. The van der Waals surface area contributed by atoms with E-state index < -0.39 is 6.43 Å². The molecule has 5 heteroatoms. The predicted octanol–water partition coefficient (Wildman–Crippen LogP) is 6.25. The summed E-state index contributed by atoms with van der Waals surface area (Å²) in [5, 5.41) is 0.964. The first-order valence-corrected chi connectivity index (χ1v) is 6.16. The molecule has 0 N–H and O–H groups in total. The molecule has 0 aliphatic carbocycles. The first-order valence-electron chi connectivity index (χ1n) is 5.02. The Hall–Kier alpha value is -0.830. The molecule has 94 valence electrons. The largest absolute Gasteiger partial charge is 0.263 e. The molecule has 0 fully saturated rings. The Morgan fingerprint density at radius 2 is 1.56 bits per heavy atom. The zero-order valence-corrected chi connectivity index (χ0v) is 11.2. The van der Waals surface area contributed by atoms with Crippen molar-refractivity contribution in [2.24, 2.45) is 0 Å². The second-order valence-corrected chi connectivity index (χ2v) is 4.83. The van der Waals surface area contributed by atoms with Crippen molar-refractivity contribution >= 4 is 34.8 Å². The third-order valence-corrected chi connectivity index (χ3v) is 3.62. The van der Waals surface area contributed by atoms with Gasteiger partial charge in [0.1, 0.15) is 0 Å². The van der Waals surface area contributed by atoms with E-state index in [1.807, 2.05) is 0 Å². The van der Waals surface area contributed by atoms with Crippen molar-refractivity contribution in [1.82, 2.24) is 0 Å². The molecule has 0 nitrogen and oxygen atoms in total. The molecule has 0 radical (unpaired) electrons. The number of rotatable bonds is 2. The van der Waals surface area contributed by atoms with Gasteiger partial charge in [0.25, 0.3) is 6.43 Å². The number of hydrogen-bond donors (Lipinski definition) is 0. The molecule has 0 aliphatic rings. The van der Waals surface area contributed by atoms with Crippen LogP contribution in [0.2, 0.25) is 15.1 Å². The maximum Gasteiger partial charge on any atom is 0.263 e. The molecule has 0 bridgehead atoms. The van der Waals surface area contributed by atoms with Crippen LogP contribution in [-0.4, -0.2) is 0 Å². The summed E-state index contributed by atoms with van der Waals surface area (Å²) in [4.78, 5) is 0. The fraction of sp³-hybridized carbons (Fsp3) is 0.0769. The average Bonchev–Trinajstić information content (AvgIpc) is 2.33. The lowest BCUT2D eigenvalue weighted by Gasteiger charge is -2.09. The molecule has 2 aromatic rings. The molecule has 18 heavy (non-hydrogen) atoms. The molecule has 0 saturated carbocycles. The topological polar surface area (TPSA) is 0 Å². The Kier molecular flexibility index (Phi) is 4.10. The van der Waals surface area contributed by atoms with Gasteiger partial charge in [-0.05, 0) is 12.1 Å². The van der Waals surface area contributed by atoms with E-state index in [1.165, 1.54) is 18.2 Å². The molecular formula is C13H7Cl3F2. The summed E-state index contributed by atoms with van der Waals surface area (Å²) in [6.07, 6.45) is -2.55. The highest BCUT2D eigenvalue weighted by Crippen LogP contribution is 2.38. The van der Waals surface area contributed by atoms with Crippen LogP contribution in [-0.2, 0) is 0 Å². The molecule has 0 spiro atoms. The molecule has 2 rings (SSSR count). The van der Waals surface area contributed by atoms with Crippen molar-refractivity contribution in [1.29, 1.82) is 0 Å². The van der Waals surface area contributed by atoms with E-state index in [9.17, 15) is 8.78 Å². The summed E-state index contributed by atoms with van der Waals surface area (Å²) < 4.78 is 25.0. The minimum Gasteiger partial charge on any atom is -0.205 e. The Morgan fingerprint density at radius 1 is 0.833 bits per heavy atom. The standard InChI is InChI=1S/C13H7Cl3F2/c14-10-3-1-2-9(12(10)16)8-5-4-7(13(17)18)6-11(8)15/h1-6,13H. The molecule has 0 atom stereocenters. The predicted molar refractivity (Wildman–Crippen MR) is 71.9 cm³/mol. The molecule has 0 amide bonds. The van der Waals surface area contributed by atoms with Crippen molar-refractivity contribution < 1.29 is 8.78 Å². The van der Waals surface area contributed by atoms with E-state index in [0.717, 1.165) is 0 Å². The maximum atomic E-state index is 12.5. The van der Waals surface area contributed by atoms with Crippen molar-refractivity contribution in [3.63, 3.8) is 0 Å².